The van der Waals surface area contributed by atoms with Crippen molar-refractivity contribution in [1.82, 2.24) is 5.16 Å². The topological polar surface area (TPSA) is 84.6 Å². The molecular weight excluding hydrogens is 248 g/mol. The van der Waals surface area contributed by atoms with E-state index in [1.165, 1.54) is 11.8 Å². The summed E-state index contributed by atoms with van der Waals surface area (Å²) in [5.41, 5.74) is 3.33. The summed E-state index contributed by atoms with van der Waals surface area (Å²) >= 11 is 0. The molecule has 2 N–H and O–H groups in total. The Morgan fingerprint density at radius 3 is 3.05 bits per heavy atom. The number of carbonyl (C=O) groups is 1. The van der Waals surface area contributed by atoms with Crippen molar-refractivity contribution in [3.63, 3.8) is 0 Å². The lowest BCUT2D eigenvalue weighted by Crippen LogP contribution is -2.04. The van der Waals surface area contributed by atoms with Gasteiger partial charge < -0.3 is 19.7 Å². The van der Waals surface area contributed by atoms with E-state index in [0.29, 0.717) is 19.0 Å². The highest BCUT2D eigenvalue weighted by Gasteiger charge is 2.15. The van der Waals surface area contributed by atoms with Crippen LogP contribution in [0.5, 0.6) is 0 Å². The van der Waals surface area contributed by atoms with E-state index in [-0.39, 0.29) is 12.1 Å². The number of hydrogen-bond acceptors (Lipinski definition) is 5. The van der Waals surface area contributed by atoms with Gasteiger partial charge >= 0.3 is 5.97 Å². The number of rotatable bonds is 4. The molecule has 0 saturated carbocycles. The van der Waals surface area contributed by atoms with Crippen LogP contribution in [0.25, 0.3) is 0 Å². The van der Waals surface area contributed by atoms with E-state index < -0.39 is 5.97 Å². The van der Waals surface area contributed by atoms with Crippen molar-refractivity contribution in [1.29, 1.82) is 0 Å². The quantitative estimate of drug-likeness (QED) is 0.874. The number of carboxylic acid groups (broad SMARTS) is 1. The van der Waals surface area contributed by atoms with Crippen LogP contribution in [0, 0.1) is 0 Å². The van der Waals surface area contributed by atoms with Gasteiger partial charge in [0.05, 0.1) is 26.0 Å². The lowest BCUT2D eigenvalue weighted by molar-refractivity contribution is 0.0694. The third kappa shape index (κ3) is 2.30. The van der Waals surface area contributed by atoms with E-state index in [4.69, 9.17) is 14.4 Å². The van der Waals surface area contributed by atoms with Gasteiger partial charge in [-0.2, -0.15) is 0 Å². The fourth-order valence-corrected chi connectivity index (χ4v) is 2.03. The average molecular weight is 260 g/mol. The summed E-state index contributed by atoms with van der Waals surface area (Å²) in [6.45, 7) is 1.55. The zero-order chi connectivity index (χ0) is 13.2. The van der Waals surface area contributed by atoms with Gasteiger partial charge in [-0.15, -0.1) is 0 Å². The largest absolute Gasteiger partial charge is 0.478 e. The number of nitrogens with one attached hydrogen (secondary N) is 1. The summed E-state index contributed by atoms with van der Waals surface area (Å²) in [4.78, 5) is 10.9. The molecule has 0 aliphatic carbocycles. The number of aromatic nitrogens is 1. The molecule has 1 aromatic carbocycles. The van der Waals surface area contributed by atoms with Gasteiger partial charge in [0.25, 0.3) is 0 Å². The second-order valence-electron chi connectivity index (χ2n) is 4.30. The summed E-state index contributed by atoms with van der Waals surface area (Å²) in [7, 11) is 0. The smallest absolute Gasteiger partial charge is 0.341 e. The first-order chi connectivity index (χ1) is 9.24. The molecule has 19 heavy (non-hydrogen) atoms. The van der Waals surface area contributed by atoms with Crippen LogP contribution >= 0.6 is 0 Å². The van der Waals surface area contributed by atoms with E-state index in [1.54, 1.807) is 0 Å². The zero-order valence-electron chi connectivity index (χ0n) is 10.0. The molecule has 0 fully saturated rings. The molecule has 3 rings (SSSR count). The number of anilines is 1. The van der Waals surface area contributed by atoms with Crippen molar-refractivity contribution in [2.75, 3.05) is 5.32 Å². The molecule has 0 radical (unpaired) electrons. The maximum absolute atomic E-state index is 10.9. The predicted molar refractivity (Wildman–Crippen MR) is 65.7 cm³/mol. The fraction of sp³-hybridized carbons (Fsp3) is 0.231. The molecule has 0 amide bonds. The maximum atomic E-state index is 10.9. The lowest BCUT2D eigenvalue weighted by atomic mass is 10.1. The Bertz CT molecular complexity index is 621. The van der Waals surface area contributed by atoms with Crippen molar-refractivity contribution < 1.29 is 19.2 Å². The molecule has 2 heterocycles. The second-order valence-corrected chi connectivity index (χ2v) is 4.30. The molecular formula is C13H12N2O4. The average Bonchev–Trinajstić information content (AvgIpc) is 3.04. The Hall–Kier alpha value is -2.34. The van der Waals surface area contributed by atoms with Gasteiger partial charge in [-0.05, 0) is 23.3 Å². The van der Waals surface area contributed by atoms with Crippen LogP contribution in [0.3, 0.4) is 0 Å². The molecule has 0 unspecified atom stereocenters. The van der Waals surface area contributed by atoms with Gasteiger partial charge in [-0.25, -0.2) is 4.79 Å². The first-order valence-electron chi connectivity index (χ1n) is 5.84. The van der Waals surface area contributed by atoms with Crippen LogP contribution in [-0.4, -0.2) is 16.2 Å². The highest BCUT2D eigenvalue weighted by Crippen LogP contribution is 2.23. The number of ether oxygens (including phenoxy) is 1. The van der Waals surface area contributed by atoms with E-state index >= 15 is 0 Å². The Morgan fingerprint density at radius 1 is 1.37 bits per heavy atom. The minimum absolute atomic E-state index is 0.0805. The minimum atomic E-state index is -1.04. The Morgan fingerprint density at radius 2 is 2.21 bits per heavy atom. The SMILES string of the molecule is O=C(O)c1cnoc1CNc1ccc2c(c1)COC2. The van der Waals surface area contributed by atoms with Crippen LogP contribution in [0.2, 0.25) is 0 Å². The van der Waals surface area contributed by atoms with E-state index in [2.05, 4.69) is 10.5 Å². The van der Waals surface area contributed by atoms with E-state index in [9.17, 15) is 4.79 Å². The summed E-state index contributed by atoms with van der Waals surface area (Å²) in [6.07, 6.45) is 1.20. The number of benzene rings is 1. The van der Waals surface area contributed by atoms with Crippen molar-refractivity contribution in [3.05, 3.63) is 46.8 Å². The molecule has 2 aromatic rings. The Kier molecular flexibility index (Phi) is 2.92. The molecule has 1 aliphatic heterocycles. The summed E-state index contributed by atoms with van der Waals surface area (Å²) in [5, 5.41) is 15.6. The molecule has 0 bridgehead atoms. The highest BCUT2D eigenvalue weighted by atomic mass is 16.5. The number of aromatic carboxylic acids is 1. The Labute approximate surface area is 109 Å². The van der Waals surface area contributed by atoms with Crippen molar-refractivity contribution in [3.8, 4) is 0 Å². The van der Waals surface area contributed by atoms with Gasteiger partial charge in [0, 0.05) is 5.69 Å². The van der Waals surface area contributed by atoms with Crippen LogP contribution in [0.4, 0.5) is 5.69 Å². The Balaban J connectivity index is 1.72. The minimum Gasteiger partial charge on any atom is -0.478 e. The predicted octanol–water partition coefficient (Wildman–Crippen LogP) is 2.02. The van der Waals surface area contributed by atoms with Gasteiger partial charge in [-0.3, -0.25) is 0 Å². The number of nitrogens with zero attached hydrogens (tertiary/aromatic N) is 1. The summed E-state index contributed by atoms with van der Waals surface area (Å²) in [6, 6.07) is 5.94. The van der Waals surface area contributed by atoms with E-state index in [1.807, 2.05) is 18.2 Å². The summed E-state index contributed by atoms with van der Waals surface area (Å²) < 4.78 is 10.3. The molecule has 6 heteroatoms. The van der Waals surface area contributed by atoms with Crippen molar-refractivity contribution >= 4 is 11.7 Å². The maximum Gasteiger partial charge on any atom is 0.341 e. The first kappa shape index (κ1) is 11.7. The van der Waals surface area contributed by atoms with Gasteiger partial charge in [0.15, 0.2) is 5.76 Å². The zero-order valence-corrected chi connectivity index (χ0v) is 10.0. The molecule has 1 aliphatic rings. The number of hydrogen-bond donors (Lipinski definition) is 2. The normalized spacial score (nSPS) is 13.3. The van der Waals surface area contributed by atoms with Crippen LogP contribution < -0.4 is 5.32 Å². The third-order valence-electron chi connectivity index (χ3n) is 3.05. The molecule has 98 valence electrons. The molecule has 0 atom stereocenters. The molecule has 0 spiro atoms. The van der Waals surface area contributed by atoms with Crippen LogP contribution in [-0.2, 0) is 24.5 Å². The standard InChI is InChI=1S/C13H12N2O4/c16-13(17)11-4-15-19-12(11)5-14-10-2-1-8-6-18-7-9(8)3-10/h1-4,14H,5-7H2,(H,16,17). The second kappa shape index (κ2) is 4.74. The summed E-state index contributed by atoms with van der Waals surface area (Å²) in [5.74, 6) is -0.732. The third-order valence-corrected chi connectivity index (χ3v) is 3.05. The van der Waals surface area contributed by atoms with Crippen molar-refractivity contribution in [2.45, 2.75) is 19.8 Å². The van der Waals surface area contributed by atoms with Crippen LogP contribution in [0.15, 0.2) is 28.9 Å². The number of fused-ring (bicyclic) bond motifs is 1. The lowest BCUT2D eigenvalue weighted by Gasteiger charge is -2.06. The van der Waals surface area contributed by atoms with Crippen LogP contribution in [0.1, 0.15) is 27.2 Å². The van der Waals surface area contributed by atoms with Gasteiger partial charge in [0.1, 0.15) is 5.56 Å². The molecule has 6 nitrogen and oxygen atoms in total. The first-order valence-corrected chi connectivity index (χ1v) is 5.84. The molecule has 0 saturated heterocycles. The molecule has 1 aromatic heterocycles. The van der Waals surface area contributed by atoms with E-state index in [0.717, 1.165) is 11.3 Å². The van der Waals surface area contributed by atoms with Gasteiger partial charge in [-0.1, -0.05) is 11.2 Å². The highest BCUT2D eigenvalue weighted by molar-refractivity contribution is 5.88. The van der Waals surface area contributed by atoms with Gasteiger partial charge in [0.2, 0.25) is 0 Å². The monoisotopic (exact) mass is 260 g/mol. The number of carboxylic acids is 1. The van der Waals surface area contributed by atoms with Crippen molar-refractivity contribution in [2.24, 2.45) is 0 Å². The fourth-order valence-electron chi connectivity index (χ4n) is 2.03.